The van der Waals surface area contributed by atoms with Crippen molar-refractivity contribution in [3.05, 3.63) is 41.2 Å². The lowest BCUT2D eigenvalue weighted by molar-refractivity contribution is 0.0965. The third-order valence-electron chi connectivity index (χ3n) is 3.19. The Balaban J connectivity index is 2.21. The Morgan fingerprint density at radius 2 is 2.10 bits per heavy atom. The molecule has 21 heavy (non-hydrogen) atoms. The van der Waals surface area contributed by atoms with Gasteiger partial charge in [-0.1, -0.05) is 13.8 Å². The molecule has 0 radical (unpaired) electrons. The van der Waals surface area contributed by atoms with Crippen molar-refractivity contribution in [3.63, 3.8) is 0 Å². The maximum Gasteiger partial charge on any atom is 0.184 e. The van der Waals surface area contributed by atoms with Crippen LogP contribution >= 0.6 is 0 Å². The van der Waals surface area contributed by atoms with E-state index in [2.05, 4.69) is 10.1 Å². The van der Waals surface area contributed by atoms with Gasteiger partial charge in [-0.3, -0.25) is 4.79 Å². The summed E-state index contributed by atoms with van der Waals surface area (Å²) in [6.45, 7) is 3.97. The molecule has 0 aliphatic carbocycles. The summed E-state index contributed by atoms with van der Waals surface area (Å²) in [4.78, 5) is 16.6. The summed E-state index contributed by atoms with van der Waals surface area (Å²) in [5.74, 6) is 0.829. The van der Waals surface area contributed by atoms with Crippen LogP contribution < -0.4 is 4.74 Å². The van der Waals surface area contributed by atoms with Gasteiger partial charge in [0.2, 0.25) is 0 Å². The van der Waals surface area contributed by atoms with E-state index in [-0.39, 0.29) is 18.1 Å². The molecule has 0 saturated heterocycles. The number of aromatic nitrogens is 3. The molecular weight excluding hydrogens is 273 g/mol. The first kappa shape index (κ1) is 15.2. The van der Waals surface area contributed by atoms with E-state index in [4.69, 9.17) is 4.74 Å². The van der Waals surface area contributed by atoms with Crippen LogP contribution in [0.3, 0.4) is 0 Å². The molecule has 0 spiro atoms. The monoisotopic (exact) mass is 291 g/mol. The molecule has 112 valence electrons. The van der Waals surface area contributed by atoms with E-state index in [1.165, 1.54) is 19.2 Å². The number of hydrogen-bond acceptors (Lipinski definition) is 4. The van der Waals surface area contributed by atoms with Gasteiger partial charge in [-0.25, -0.2) is 14.1 Å². The van der Waals surface area contributed by atoms with E-state index in [0.29, 0.717) is 24.2 Å². The van der Waals surface area contributed by atoms with E-state index in [1.54, 1.807) is 10.7 Å². The van der Waals surface area contributed by atoms with Crippen LogP contribution in [0, 0.1) is 5.82 Å². The van der Waals surface area contributed by atoms with Gasteiger partial charge in [-0.05, 0) is 18.2 Å². The van der Waals surface area contributed by atoms with Gasteiger partial charge < -0.3 is 4.74 Å². The van der Waals surface area contributed by atoms with E-state index in [1.807, 2.05) is 13.8 Å². The van der Waals surface area contributed by atoms with Crippen LogP contribution in [0.15, 0.2) is 18.2 Å². The molecular formula is C15H18FN3O2. The number of methoxy groups -OCH3 is 1. The van der Waals surface area contributed by atoms with Crippen LogP contribution in [0.25, 0.3) is 0 Å². The normalized spacial score (nSPS) is 10.7. The number of ketones is 1. The van der Waals surface area contributed by atoms with Crippen molar-refractivity contribution in [3.8, 4) is 5.75 Å². The first-order valence-corrected chi connectivity index (χ1v) is 6.88. The molecule has 0 atom stereocenters. The number of rotatable bonds is 6. The number of carbonyl (C=O) groups is 1. The molecule has 0 bridgehead atoms. The van der Waals surface area contributed by atoms with Crippen LogP contribution in [-0.4, -0.2) is 27.7 Å². The van der Waals surface area contributed by atoms with Gasteiger partial charge in [0.1, 0.15) is 12.4 Å². The van der Waals surface area contributed by atoms with Crippen LogP contribution in [-0.2, 0) is 19.4 Å². The van der Waals surface area contributed by atoms with Crippen molar-refractivity contribution in [2.75, 3.05) is 7.11 Å². The zero-order valence-electron chi connectivity index (χ0n) is 12.4. The maximum atomic E-state index is 13.6. The Morgan fingerprint density at radius 3 is 2.67 bits per heavy atom. The minimum absolute atomic E-state index is 0.0575. The summed E-state index contributed by atoms with van der Waals surface area (Å²) in [5, 5.41) is 4.29. The molecule has 0 amide bonds. The quantitative estimate of drug-likeness (QED) is 0.767. The highest BCUT2D eigenvalue weighted by molar-refractivity contribution is 5.96. The highest BCUT2D eigenvalue weighted by atomic mass is 19.1. The third-order valence-corrected chi connectivity index (χ3v) is 3.19. The van der Waals surface area contributed by atoms with E-state index in [0.717, 1.165) is 5.82 Å². The summed E-state index contributed by atoms with van der Waals surface area (Å²) < 4.78 is 20.1. The fourth-order valence-corrected chi connectivity index (χ4v) is 2.03. The largest absolute Gasteiger partial charge is 0.494 e. The Kier molecular flexibility index (Phi) is 4.67. The second-order valence-electron chi connectivity index (χ2n) is 4.58. The van der Waals surface area contributed by atoms with Gasteiger partial charge in [0.25, 0.3) is 0 Å². The summed E-state index contributed by atoms with van der Waals surface area (Å²) in [6.07, 6.45) is 1.41. The maximum absolute atomic E-state index is 13.6. The van der Waals surface area contributed by atoms with E-state index in [9.17, 15) is 9.18 Å². The number of halogens is 1. The highest BCUT2D eigenvalue weighted by Crippen LogP contribution is 2.18. The molecule has 2 rings (SSSR count). The minimum atomic E-state index is -0.549. The van der Waals surface area contributed by atoms with E-state index >= 15 is 0 Å². The van der Waals surface area contributed by atoms with Crippen molar-refractivity contribution >= 4 is 5.78 Å². The topological polar surface area (TPSA) is 57.0 Å². The average molecular weight is 291 g/mol. The number of Topliss-reactive ketones (excluding diaryl/α,β-unsaturated/α-hetero) is 1. The number of benzene rings is 1. The SMILES string of the molecule is CCc1nc(CC)n(CC(=O)c2ccc(OC)c(F)c2)n1. The average Bonchev–Trinajstić information content (AvgIpc) is 2.89. The summed E-state index contributed by atoms with van der Waals surface area (Å²) >= 11 is 0. The molecule has 2 aromatic rings. The zero-order chi connectivity index (χ0) is 15.4. The van der Waals surface area contributed by atoms with Crippen LogP contribution in [0.4, 0.5) is 4.39 Å². The van der Waals surface area contributed by atoms with Gasteiger partial charge >= 0.3 is 0 Å². The molecule has 0 aliphatic rings. The third kappa shape index (κ3) is 3.26. The first-order valence-electron chi connectivity index (χ1n) is 6.88. The number of ether oxygens (including phenoxy) is 1. The standard InChI is InChI=1S/C15H18FN3O2/c1-4-14-17-15(5-2)19(18-14)9-12(20)10-6-7-13(21-3)11(16)8-10/h6-8H,4-5,9H2,1-3H3. The molecule has 1 aromatic heterocycles. The van der Waals surface area contributed by atoms with Crippen molar-refractivity contribution in [1.29, 1.82) is 0 Å². The summed E-state index contributed by atoms with van der Waals surface area (Å²) in [7, 11) is 1.38. The summed E-state index contributed by atoms with van der Waals surface area (Å²) in [6, 6.07) is 4.18. The lowest BCUT2D eigenvalue weighted by atomic mass is 10.1. The Labute approximate surface area is 122 Å². The molecule has 1 aromatic carbocycles. The fraction of sp³-hybridized carbons (Fsp3) is 0.400. The lowest BCUT2D eigenvalue weighted by Gasteiger charge is -2.06. The Bertz CT molecular complexity index is 652. The van der Waals surface area contributed by atoms with Crippen LogP contribution in [0.2, 0.25) is 0 Å². The molecule has 1 heterocycles. The second-order valence-corrected chi connectivity index (χ2v) is 4.58. The van der Waals surface area contributed by atoms with Gasteiger partial charge in [0.05, 0.1) is 7.11 Å². The lowest BCUT2D eigenvalue weighted by Crippen LogP contribution is -2.14. The molecule has 6 heteroatoms. The zero-order valence-corrected chi connectivity index (χ0v) is 12.4. The van der Waals surface area contributed by atoms with E-state index < -0.39 is 5.82 Å². The van der Waals surface area contributed by atoms with Crippen molar-refractivity contribution in [1.82, 2.24) is 14.8 Å². The molecule has 0 aliphatic heterocycles. The van der Waals surface area contributed by atoms with Gasteiger partial charge in [-0.15, -0.1) is 0 Å². The smallest absolute Gasteiger partial charge is 0.184 e. The molecule has 0 unspecified atom stereocenters. The molecule has 5 nitrogen and oxygen atoms in total. The molecule has 0 N–H and O–H groups in total. The Hall–Kier alpha value is -2.24. The minimum Gasteiger partial charge on any atom is -0.494 e. The predicted octanol–water partition coefficient (Wildman–Crippen LogP) is 2.43. The molecule has 0 fully saturated rings. The first-order chi connectivity index (χ1) is 10.1. The highest BCUT2D eigenvalue weighted by Gasteiger charge is 2.14. The van der Waals surface area contributed by atoms with Crippen molar-refractivity contribution in [2.45, 2.75) is 33.2 Å². The number of carbonyl (C=O) groups excluding carboxylic acids is 1. The van der Waals surface area contributed by atoms with Gasteiger partial charge in [-0.2, -0.15) is 5.10 Å². The van der Waals surface area contributed by atoms with Gasteiger partial charge in [0, 0.05) is 18.4 Å². The van der Waals surface area contributed by atoms with Crippen LogP contribution in [0.5, 0.6) is 5.75 Å². The van der Waals surface area contributed by atoms with Crippen molar-refractivity contribution in [2.24, 2.45) is 0 Å². The molecule has 0 saturated carbocycles. The number of nitrogens with zero attached hydrogens (tertiary/aromatic N) is 3. The summed E-state index contributed by atoms with van der Waals surface area (Å²) in [5.41, 5.74) is 0.295. The predicted molar refractivity (Wildman–Crippen MR) is 76.1 cm³/mol. The Morgan fingerprint density at radius 1 is 1.33 bits per heavy atom. The van der Waals surface area contributed by atoms with Gasteiger partial charge in [0.15, 0.2) is 23.2 Å². The van der Waals surface area contributed by atoms with Crippen LogP contribution in [0.1, 0.15) is 35.9 Å². The second kappa shape index (κ2) is 6.47. The number of hydrogen-bond donors (Lipinski definition) is 0. The number of aryl methyl sites for hydroxylation is 2. The van der Waals surface area contributed by atoms with Crippen molar-refractivity contribution < 1.29 is 13.9 Å². The fourth-order valence-electron chi connectivity index (χ4n) is 2.03.